The first kappa shape index (κ1) is 14.6. The fourth-order valence-electron chi connectivity index (χ4n) is 2.19. The first-order valence-corrected chi connectivity index (χ1v) is 6.99. The van der Waals surface area contributed by atoms with Crippen LogP contribution in [0, 0.1) is 12.8 Å². The van der Waals surface area contributed by atoms with Gasteiger partial charge in [-0.3, -0.25) is 5.10 Å². The molecule has 0 amide bonds. The number of nitrogens with zero attached hydrogens (tertiary/aromatic N) is 1. The summed E-state index contributed by atoms with van der Waals surface area (Å²) in [6, 6.07) is 6.17. The predicted octanol–water partition coefficient (Wildman–Crippen LogP) is 3.14. The van der Waals surface area contributed by atoms with Crippen molar-refractivity contribution in [2.45, 2.75) is 27.3 Å². The van der Waals surface area contributed by atoms with Gasteiger partial charge in [-0.15, -0.1) is 0 Å². The second-order valence-corrected chi connectivity index (χ2v) is 5.50. The number of nitrogens with one attached hydrogen (secondary N) is 2. The van der Waals surface area contributed by atoms with Crippen LogP contribution >= 0.6 is 0 Å². The number of H-pyrrole nitrogens is 1. The zero-order valence-corrected chi connectivity index (χ0v) is 12.7. The molecule has 108 valence electrons. The fourth-order valence-corrected chi connectivity index (χ4v) is 2.19. The maximum Gasteiger partial charge on any atom is 0.128 e. The van der Waals surface area contributed by atoms with Crippen LogP contribution in [-0.4, -0.2) is 23.9 Å². The molecule has 0 aliphatic heterocycles. The lowest BCUT2D eigenvalue weighted by Gasteiger charge is -2.11. The number of methoxy groups -OCH3 is 1. The van der Waals surface area contributed by atoms with E-state index < -0.39 is 0 Å². The van der Waals surface area contributed by atoms with E-state index in [9.17, 15) is 0 Å². The zero-order valence-electron chi connectivity index (χ0n) is 12.7. The van der Waals surface area contributed by atoms with Crippen molar-refractivity contribution in [2.75, 3.05) is 13.7 Å². The van der Waals surface area contributed by atoms with Gasteiger partial charge in [0.15, 0.2) is 0 Å². The molecular weight excluding hydrogens is 250 g/mol. The van der Waals surface area contributed by atoms with E-state index in [1.807, 2.05) is 12.3 Å². The highest BCUT2D eigenvalue weighted by molar-refractivity contribution is 5.70. The van der Waals surface area contributed by atoms with Gasteiger partial charge in [0.05, 0.1) is 19.0 Å². The van der Waals surface area contributed by atoms with Crippen LogP contribution in [0.4, 0.5) is 0 Å². The molecule has 0 radical (unpaired) electrons. The molecule has 4 nitrogen and oxygen atoms in total. The molecule has 0 saturated carbocycles. The lowest BCUT2D eigenvalue weighted by molar-refractivity contribution is 0.416. The minimum absolute atomic E-state index is 0.638. The zero-order chi connectivity index (χ0) is 14.5. The van der Waals surface area contributed by atoms with E-state index in [2.05, 4.69) is 48.4 Å². The summed E-state index contributed by atoms with van der Waals surface area (Å²) in [7, 11) is 1.70. The van der Waals surface area contributed by atoms with Crippen LogP contribution in [0.1, 0.15) is 25.0 Å². The van der Waals surface area contributed by atoms with Crippen LogP contribution in [0.25, 0.3) is 11.3 Å². The molecule has 1 aromatic carbocycles. The smallest absolute Gasteiger partial charge is 0.128 e. The van der Waals surface area contributed by atoms with E-state index >= 15 is 0 Å². The summed E-state index contributed by atoms with van der Waals surface area (Å²) in [5, 5.41) is 10.7. The minimum atomic E-state index is 0.638. The molecular formula is C16H23N3O. The Morgan fingerprint density at radius 2 is 2.15 bits per heavy atom. The Hall–Kier alpha value is -1.81. The first-order valence-electron chi connectivity index (χ1n) is 6.99. The van der Waals surface area contributed by atoms with Gasteiger partial charge in [0.1, 0.15) is 5.75 Å². The van der Waals surface area contributed by atoms with Gasteiger partial charge in [0.25, 0.3) is 0 Å². The molecule has 4 heteroatoms. The second-order valence-electron chi connectivity index (χ2n) is 5.50. The van der Waals surface area contributed by atoms with Gasteiger partial charge in [0, 0.05) is 17.7 Å². The Labute approximate surface area is 120 Å². The number of hydrogen-bond acceptors (Lipinski definition) is 3. The molecule has 0 spiro atoms. The van der Waals surface area contributed by atoms with Crippen LogP contribution < -0.4 is 10.1 Å². The van der Waals surface area contributed by atoms with E-state index in [4.69, 9.17) is 4.74 Å². The largest absolute Gasteiger partial charge is 0.496 e. The quantitative estimate of drug-likeness (QED) is 0.850. The van der Waals surface area contributed by atoms with Crippen molar-refractivity contribution in [2.24, 2.45) is 5.92 Å². The van der Waals surface area contributed by atoms with Gasteiger partial charge in [-0.1, -0.05) is 25.5 Å². The average molecular weight is 273 g/mol. The maximum absolute atomic E-state index is 5.45. The normalized spacial score (nSPS) is 11.1. The summed E-state index contributed by atoms with van der Waals surface area (Å²) in [6.07, 6.45) is 1.88. The van der Waals surface area contributed by atoms with E-state index in [-0.39, 0.29) is 0 Å². The van der Waals surface area contributed by atoms with Crippen molar-refractivity contribution in [3.05, 3.63) is 35.5 Å². The standard InChI is InChI=1S/C16H23N3O/c1-11(2)8-17-9-13-10-18-19-16(13)14-7-12(3)5-6-15(14)20-4/h5-7,10-11,17H,8-9H2,1-4H3,(H,18,19). The monoisotopic (exact) mass is 273 g/mol. The van der Waals surface area contributed by atoms with Crippen molar-refractivity contribution < 1.29 is 4.74 Å². The molecule has 0 saturated heterocycles. The fraction of sp³-hybridized carbons (Fsp3) is 0.438. The summed E-state index contributed by atoms with van der Waals surface area (Å²) >= 11 is 0. The lowest BCUT2D eigenvalue weighted by atomic mass is 10.0. The van der Waals surface area contributed by atoms with E-state index in [0.717, 1.165) is 35.7 Å². The molecule has 0 unspecified atom stereocenters. The number of benzene rings is 1. The third-order valence-electron chi connectivity index (χ3n) is 3.21. The van der Waals surface area contributed by atoms with Crippen LogP contribution in [0.15, 0.2) is 24.4 Å². The Morgan fingerprint density at radius 3 is 2.85 bits per heavy atom. The van der Waals surface area contributed by atoms with Crippen LogP contribution in [-0.2, 0) is 6.54 Å². The molecule has 0 aliphatic rings. The Kier molecular flexibility index (Phi) is 4.79. The lowest BCUT2D eigenvalue weighted by Crippen LogP contribution is -2.19. The van der Waals surface area contributed by atoms with Gasteiger partial charge in [-0.2, -0.15) is 5.10 Å². The predicted molar refractivity (Wildman–Crippen MR) is 81.9 cm³/mol. The highest BCUT2D eigenvalue weighted by Crippen LogP contribution is 2.31. The van der Waals surface area contributed by atoms with E-state index in [0.29, 0.717) is 5.92 Å². The van der Waals surface area contributed by atoms with Gasteiger partial charge >= 0.3 is 0 Å². The van der Waals surface area contributed by atoms with E-state index in [1.54, 1.807) is 7.11 Å². The van der Waals surface area contributed by atoms with Crippen molar-refractivity contribution in [3.8, 4) is 17.0 Å². The maximum atomic E-state index is 5.45. The van der Waals surface area contributed by atoms with Crippen molar-refractivity contribution in [1.29, 1.82) is 0 Å². The highest BCUT2D eigenvalue weighted by atomic mass is 16.5. The minimum Gasteiger partial charge on any atom is -0.496 e. The van der Waals surface area contributed by atoms with Crippen molar-refractivity contribution in [3.63, 3.8) is 0 Å². The third kappa shape index (κ3) is 3.39. The molecule has 0 aliphatic carbocycles. The molecule has 0 fully saturated rings. The van der Waals surface area contributed by atoms with Gasteiger partial charge in [-0.25, -0.2) is 0 Å². The van der Waals surface area contributed by atoms with Gasteiger partial charge in [-0.05, 0) is 31.5 Å². The number of rotatable bonds is 6. The number of aryl methyl sites for hydroxylation is 1. The molecule has 2 aromatic rings. The SMILES string of the molecule is COc1ccc(C)cc1-c1[nH]ncc1CNCC(C)C. The van der Waals surface area contributed by atoms with Crippen molar-refractivity contribution in [1.82, 2.24) is 15.5 Å². The second kappa shape index (κ2) is 6.57. The molecule has 0 atom stereocenters. The molecule has 2 rings (SSSR count). The Bertz CT molecular complexity index is 561. The third-order valence-corrected chi connectivity index (χ3v) is 3.21. The molecule has 1 aromatic heterocycles. The van der Waals surface area contributed by atoms with Crippen LogP contribution in [0.3, 0.4) is 0 Å². The highest BCUT2D eigenvalue weighted by Gasteiger charge is 2.12. The van der Waals surface area contributed by atoms with Gasteiger partial charge in [0.2, 0.25) is 0 Å². The summed E-state index contributed by atoms with van der Waals surface area (Å²) in [6.45, 7) is 8.28. The number of aromatic amines is 1. The molecule has 2 N–H and O–H groups in total. The van der Waals surface area contributed by atoms with Crippen LogP contribution in [0.2, 0.25) is 0 Å². The van der Waals surface area contributed by atoms with Crippen molar-refractivity contribution >= 4 is 0 Å². The molecule has 20 heavy (non-hydrogen) atoms. The molecule has 0 bridgehead atoms. The topological polar surface area (TPSA) is 49.9 Å². The number of aromatic nitrogens is 2. The summed E-state index contributed by atoms with van der Waals surface area (Å²) in [5.41, 5.74) is 4.46. The molecule has 1 heterocycles. The van der Waals surface area contributed by atoms with Gasteiger partial charge < -0.3 is 10.1 Å². The van der Waals surface area contributed by atoms with E-state index in [1.165, 1.54) is 5.56 Å². The number of hydrogen-bond donors (Lipinski definition) is 2. The summed E-state index contributed by atoms with van der Waals surface area (Å²) in [4.78, 5) is 0. The first-order chi connectivity index (χ1) is 9.61. The number of ether oxygens (including phenoxy) is 1. The van der Waals surface area contributed by atoms with Crippen LogP contribution in [0.5, 0.6) is 5.75 Å². The Morgan fingerprint density at radius 1 is 1.35 bits per heavy atom. The Balaban J connectivity index is 2.25. The summed E-state index contributed by atoms with van der Waals surface area (Å²) < 4.78 is 5.45. The summed E-state index contributed by atoms with van der Waals surface area (Å²) in [5.74, 6) is 1.50. The average Bonchev–Trinajstić information content (AvgIpc) is 2.86.